The molecule has 0 spiro atoms. The van der Waals surface area contributed by atoms with Crippen molar-refractivity contribution in [1.29, 1.82) is 0 Å². The van der Waals surface area contributed by atoms with Crippen molar-refractivity contribution in [3.8, 4) is 0 Å². The van der Waals surface area contributed by atoms with Crippen LogP contribution >= 0.6 is 0 Å². The Morgan fingerprint density at radius 1 is 1.24 bits per heavy atom. The van der Waals surface area contributed by atoms with Crippen LogP contribution in [0.15, 0.2) is 28.8 Å². The SMILES string of the molecule is Cc1cc(C(=O)N2CCC[C@@H]2c2cccc(CN3CCCC3)n2)no1. The van der Waals surface area contributed by atoms with Crippen LogP contribution in [-0.4, -0.2) is 45.5 Å². The van der Waals surface area contributed by atoms with Gasteiger partial charge in [-0.3, -0.25) is 14.7 Å². The highest BCUT2D eigenvalue weighted by molar-refractivity contribution is 5.92. The average molecular weight is 340 g/mol. The Labute approximate surface area is 147 Å². The molecule has 4 heterocycles. The normalized spacial score (nSPS) is 21.2. The topological polar surface area (TPSA) is 62.5 Å². The fraction of sp³-hybridized carbons (Fsp3) is 0.526. The van der Waals surface area contributed by atoms with Crippen LogP contribution in [0.2, 0.25) is 0 Å². The van der Waals surface area contributed by atoms with Gasteiger partial charge in [-0.25, -0.2) is 0 Å². The van der Waals surface area contributed by atoms with Crippen molar-refractivity contribution in [3.63, 3.8) is 0 Å². The summed E-state index contributed by atoms with van der Waals surface area (Å²) in [6.45, 7) is 5.76. The zero-order valence-electron chi connectivity index (χ0n) is 14.6. The van der Waals surface area contributed by atoms with Crippen LogP contribution in [0.1, 0.15) is 59.4 Å². The molecular weight excluding hydrogens is 316 g/mol. The number of pyridine rings is 1. The van der Waals surface area contributed by atoms with Crippen LogP contribution in [0.5, 0.6) is 0 Å². The molecule has 0 saturated carbocycles. The average Bonchev–Trinajstić information content (AvgIpc) is 3.36. The quantitative estimate of drug-likeness (QED) is 0.856. The Bertz CT molecular complexity index is 751. The third kappa shape index (κ3) is 3.44. The van der Waals surface area contributed by atoms with Crippen molar-refractivity contribution < 1.29 is 9.32 Å². The van der Waals surface area contributed by atoms with E-state index in [1.54, 1.807) is 13.0 Å². The lowest BCUT2D eigenvalue weighted by atomic mass is 10.1. The first-order valence-electron chi connectivity index (χ1n) is 9.13. The maximum atomic E-state index is 12.8. The van der Waals surface area contributed by atoms with E-state index in [1.807, 2.05) is 11.0 Å². The molecule has 0 aliphatic carbocycles. The van der Waals surface area contributed by atoms with Crippen LogP contribution in [0.25, 0.3) is 0 Å². The molecule has 0 bridgehead atoms. The number of nitrogens with zero attached hydrogens (tertiary/aromatic N) is 4. The van der Waals surface area contributed by atoms with Gasteiger partial charge in [-0.1, -0.05) is 11.2 Å². The minimum atomic E-state index is -0.0638. The Balaban J connectivity index is 1.52. The van der Waals surface area contributed by atoms with Gasteiger partial charge in [0, 0.05) is 19.2 Å². The first-order valence-corrected chi connectivity index (χ1v) is 9.13. The highest BCUT2D eigenvalue weighted by Crippen LogP contribution is 2.32. The zero-order chi connectivity index (χ0) is 17.2. The molecule has 2 aromatic heterocycles. The Kier molecular flexibility index (Phi) is 4.53. The number of hydrogen-bond donors (Lipinski definition) is 0. The van der Waals surface area contributed by atoms with Crippen LogP contribution in [0.4, 0.5) is 0 Å². The van der Waals surface area contributed by atoms with E-state index < -0.39 is 0 Å². The fourth-order valence-electron chi connectivity index (χ4n) is 3.87. The summed E-state index contributed by atoms with van der Waals surface area (Å²) in [6, 6.07) is 7.93. The highest BCUT2D eigenvalue weighted by Gasteiger charge is 2.33. The van der Waals surface area contributed by atoms with Gasteiger partial charge >= 0.3 is 0 Å². The third-order valence-electron chi connectivity index (χ3n) is 5.11. The van der Waals surface area contributed by atoms with Crippen molar-refractivity contribution in [2.24, 2.45) is 0 Å². The first kappa shape index (κ1) is 16.3. The predicted octanol–water partition coefficient (Wildman–Crippen LogP) is 2.95. The maximum absolute atomic E-state index is 12.8. The Morgan fingerprint density at radius 2 is 2.08 bits per heavy atom. The van der Waals surface area contributed by atoms with E-state index in [0.29, 0.717) is 11.5 Å². The third-order valence-corrected chi connectivity index (χ3v) is 5.11. The second-order valence-corrected chi connectivity index (χ2v) is 7.02. The van der Waals surface area contributed by atoms with Crippen LogP contribution in [-0.2, 0) is 6.54 Å². The molecule has 0 N–H and O–H groups in total. The van der Waals surface area contributed by atoms with Crippen molar-refractivity contribution in [1.82, 2.24) is 19.9 Å². The number of amides is 1. The van der Waals surface area contributed by atoms with Crippen molar-refractivity contribution >= 4 is 5.91 Å². The first-order chi connectivity index (χ1) is 12.2. The lowest BCUT2D eigenvalue weighted by molar-refractivity contribution is 0.0722. The van der Waals surface area contributed by atoms with E-state index in [1.165, 1.54) is 12.8 Å². The molecule has 0 aromatic carbocycles. The van der Waals surface area contributed by atoms with Crippen LogP contribution in [0.3, 0.4) is 0 Å². The summed E-state index contributed by atoms with van der Waals surface area (Å²) in [4.78, 5) is 22.0. The van der Waals surface area contributed by atoms with Crippen molar-refractivity contribution in [2.75, 3.05) is 19.6 Å². The molecule has 1 amide bonds. The minimum absolute atomic E-state index is 0.0306. The van der Waals surface area contributed by atoms with Gasteiger partial charge in [0.2, 0.25) is 0 Å². The molecule has 0 radical (unpaired) electrons. The summed E-state index contributed by atoms with van der Waals surface area (Å²) in [5.41, 5.74) is 2.47. The number of aromatic nitrogens is 2. The summed E-state index contributed by atoms with van der Waals surface area (Å²) in [5.74, 6) is 0.593. The summed E-state index contributed by atoms with van der Waals surface area (Å²) in [6.07, 6.45) is 4.50. The van der Waals surface area contributed by atoms with E-state index in [4.69, 9.17) is 9.51 Å². The second-order valence-electron chi connectivity index (χ2n) is 7.02. The van der Waals surface area contributed by atoms with Crippen LogP contribution < -0.4 is 0 Å². The minimum Gasteiger partial charge on any atom is -0.361 e. The zero-order valence-corrected chi connectivity index (χ0v) is 14.6. The number of aryl methyl sites for hydroxylation is 1. The summed E-state index contributed by atoms with van der Waals surface area (Å²) in [7, 11) is 0. The van der Waals surface area contributed by atoms with Crippen LogP contribution in [0, 0.1) is 6.92 Å². The van der Waals surface area contributed by atoms with E-state index in [0.717, 1.165) is 50.4 Å². The van der Waals surface area contributed by atoms with E-state index >= 15 is 0 Å². The van der Waals surface area contributed by atoms with Gasteiger partial charge in [0.1, 0.15) is 5.76 Å². The number of rotatable bonds is 4. The summed E-state index contributed by atoms with van der Waals surface area (Å²) in [5, 5.41) is 3.88. The molecule has 6 nitrogen and oxygen atoms in total. The standard InChI is InChI=1S/C19H24N4O2/c1-14-12-17(21-25-14)19(24)23-11-5-8-18(23)16-7-4-6-15(20-16)13-22-9-2-3-10-22/h4,6-7,12,18H,2-3,5,8-11,13H2,1H3/t18-/m1/s1. The van der Waals surface area contributed by atoms with Gasteiger partial charge in [-0.05, 0) is 57.8 Å². The van der Waals surface area contributed by atoms with Gasteiger partial charge in [0.15, 0.2) is 5.69 Å². The molecule has 2 aromatic rings. The largest absolute Gasteiger partial charge is 0.361 e. The van der Waals surface area contributed by atoms with Crippen molar-refractivity contribution in [3.05, 3.63) is 47.1 Å². The van der Waals surface area contributed by atoms with E-state index in [2.05, 4.69) is 22.2 Å². The molecule has 2 aliphatic rings. The second kappa shape index (κ2) is 6.96. The van der Waals surface area contributed by atoms with Gasteiger partial charge < -0.3 is 9.42 Å². The monoisotopic (exact) mass is 340 g/mol. The smallest absolute Gasteiger partial charge is 0.276 e. The predicted molar refractivity (Wildman–Crippen MR) is 93.0 cm³/mol. The number of carbonyl (C=O) groups is 1. The molecule has 2 fully saturated rings. The van der Waals surface area contributed by atoms with E-state index in [-0.39, 0.29) is 11.9 Å². The molecule has 0 unspecified atom stereocenters. The molecule has 4 rings (SSSR count). The molecule has 25 heavy (non-hydrogen) atoms. The maximum Gasteiger partial charge on any atom is 0.276 e. The lowest BCUT2D eigenvalue weighted by Gasteiger charge is -2.24. The molecule has 1 atom stereocenters. The highest BCUT2D eigenvalue weighted by atomic mass is 16.5. The molecule has 132 valence electrons. The number of hydrogen-bond acceptors (Lipinski definition) is 5. The van der Waals surface area contributed by atoms with Gasteiger partial charge in [0.05, 0.1) is 17.4 Å². The number of carbonyl (C=O) groups excluding carboxylic acids is 1. The Hall–Kier alpha value is -2.21. The summed E-state index contributed by atoms with van der Waals surface area (Å²) >= 11 is 0. The Morgan fingerprint density at radius 3 is 2.84 bits per heavy atom. The molecular formula is C19H24N4O2. The van der Waals surface area contributed by atoms with E-state index in [9.17, 15) is 4.79 Å². The molecule has 2 saturated heterocycles. The van der Waals surface area contributed by atoms with Gasteiger partial charge in [0.25, 0.3) is 5.91 Å². The summed E-state index contributed by atoms with van der Waals surface area (Å²) < 4.78 is 5.06. The van der Waals surface area contributed by atoms with Gasteiger partial charge in [-0.2, -0.15) is 0 Å². The number of likely N-dealkylation sites (tertiary alicyclic amines) is 2. The molecule has 6 heteroatoms. The fourth-order valence-corrected chi connectivity index (χ4v) is 3.87. The molecule has 2 aliphatic heterocycles. The lowest BCUT2D eigenvalue weighted by Crippen LogP contribution is -2.31. The van der Waals surface area contributed by atoms with Gasteiger partial charge in [-0.15, -0.1) is 0 Å². The van der Waals surface area contributed by atoms with Crippen molar-refractivity contribution in [2.45, 2.75) is 45.2 Å².